The fourth-order valence-electron chi connectivity index (χ4n) is 19.4. The van der Waals surface area contributed by atoms with E-state index in [2.05, 4.69) is 413 Å². The molecular weight excluding hydrogens is 1510 g/mol. The molecule has 8 heterocycles. The largest absolute Gasteiger partial charge is 0.245 e. The van der Waals surface area contributed by atoms with Crippen molar-refractivity contribution in [2.45, 2.75) is 0 Å². The molecule has 0 bridgehead atoms. The highest BCUT2D eigenvalue weighted by atomic mass is 14.8. The molecule has 0 radical (unpaired) electrons. The summed E-state index contributed by atoms with van der Waals surface area (Å²) in [6, 6.07) is 146. The molecule has 8 nitrogen and oxygen atoms in total. The molecule has 0 aliphatic rings. The summed E-state index contributed by atoms with van der Waals surface area (Å²) in [5.74, 6) is 0. The number of nitrogens with zero attached hydrogens (tertiary/aromatic N) is 8. The van der Waals surface area contributed by atoms with E-state index in [1.807, 2.05) is 0 Å². The van der Waals surface area contributed by atoms with Crippen molar-refractivity contribution in [3.8, 4) is 89.5 Å². The highest BCUT2D eigenvalue weighted by Crippen LogP contribution is 2.48. The van der Waals surface area contributed by atoms with E-state index < -0.39 is 0 Å². The average Bonchev–Trinajstić information content (AvgIpc) is 0.736. The zero-order valence-corrected chi connectivity index (χ0v) is 66.8. The number of hydrogen-bond acceptors (Lipinski definition) is 8. The fourth-order valence-corrected chi connectivity index (χ4v) is 19.4. The van der Waals surface area contributed by atoms with E-state index in [0.717, 1.165) is 209 Å². The van der Waals surface area contributed by atoms with Crippen LogP contribution < -0.4 is 0 Å². The van der Waals surface area contributed by atoms with Crippen LogP contribution >= 0.6 is 0 Å². The Kier molecular flexibility index (Phi) is 16.2. The smallest absolute Gasteiger partial charge is 0.0978 e. The van der Waals surface area contributed by atoms with E-state index in [-0.39, 0.29) is 0 Å². The Balaban J connectivity index is 0.000000136. The molecule has 0 spiro atoms. The SMILES string of the molecule is c1ccc(-c2c3ccccc3nc3c2ccc2ccc(-c4c5ccccc5c(-c5ccc6ccc7c(-c8ccccc8)c8ccccc8nc7c6n5)c5ccccc45)nc23)cc1.c1ccc(-c2c3ccccc3nc3c2ccc2ccc(-c4ccc5cc6cc(-c7ccc8ccc9c(-c%10ccccc%10)c%10ccccc%10nc9c8n7)ccc6cc5c4)nc23)cc1. The Morgan fingerprint density at radius 2 is 0.339 bits per heavy atom. The number of pyridine rings is 8. The monoisotopic (exact) mass is 1570 g/mol. The van der Waals surface area contributed by atoms with Crippen molar-refractivity contribution in [2.24, 2.45) is 0 Å². The number of hydrogen-bond donors (Lipinski definition) is 0. The van der Waals surface area contributed by atoms with E-state index in [1.165, 1.54) is 54.9 Å². The van der Waals surface area contributed by atoms with Crippen LogP contribution in [-0.2, 0) is 0 Å². The van der Waals surface area contributed by atoms with E-state index >= 15 is 0 Å². The van der Waals surface area contributed by atoms with Crippen molar-refractivity contribution in [1.29, 1.82) is 0 Å². The molecule has 0 aliphatic heterocycles. The van der Waals surface area contributed by atoms with Crippen LogP contribution in [-0.4, -0.2) is 39.9 Å². The van der Waals surface area contributed by atoms with Crippen LogP contribution in [0.5, 0.6) is 0 Å². The van der Waals surface area contributed by atoms with Crippen molar-refractivity contribution in [2.75, 3.05) is 0 Å². The second kappa shape index (κ2) is 28.5. The normalized spacial score (nSPS) is 11.9. The average molecular weight is 1570 g/mol. The lowest BCUT2D eigenvalue weighted by Crippen LogP contribution is -1.96. The topological polar surface area (TPSA) is 103 Å². The highest BCUT2D eigenvalue weighted by molar-refractivity contribution is 6.25. The predicted molar refractivity (Wildman–Crippen MR) is 519 cm³/mol. The van der Waals surface area contributed by atoms with Crippen molar-refractivity contribution < 1.29 is 0 Å². The Labute approximate surface area is 711 Å². The molecule has 8 aromatic heterocycles. The van der Waals surface area contributed by atoms with Gasteiger partial charge in [-0.05, 0) is 138 Å². The Morgan fingerprint density at radius 3 is 0.621 bits per heavy atom. The molecule has 0 atom stereocenters. The van der Waals surface area contributed by atoms with Gasteiger partial charge in [0.15, 0.2) is 0 Å². The number of fused-ring (bicyclic) bond motifs is 20. The fraction of sp³-hybridized carbons (Fsp3) is 0. The summed E-state index contributed by atoms with van der Waals surface area (Å²) in [7, 11) is 0. The predicted octanol–water partition coefficient (Wildman–Crippen LogP) is 30.3. The van der Waals surface area contributed by atoms with E-state index in [9.17, 15) is 0 Å². The van der Waals surface area contributed by atoms with Gasteiger partial charge in [-0.2, -0.15) is 0 Å². The summed E-state index contributed by atoms with van der Waals surface area (Å²) in [4.78, 5) is 42.9. The molecule has 0 unspecified atom stereocenters. The van der Waals surface area contributed by atoms with Crippen molar-refractivity contribution in [3.05, 3.63) is 413 Å². The lowest BCUT2D eigenvalue weighted by Gasteiger charge is -2.18. The van der Waals surface area contributed by atoms with E-state index in [4.69, 9.17) is 39.9 Å². The van der Waals surface area contributed by atoms with Gasteiger partial charge in [-0.1, -0.05) is 340 Å². The number of rotatable bonds is 8. The minimum absolute atomic E-state index is 0.887. The molecule has 0 N–H and O–H groups in total. The summed E-state index contributed by atoms with van der Waals surface area (Å²) in [5.41, 5.74) is 28.4. The molecule has 0 aliphatic carbocycles. The van der Waals surface area contributed by atoms with Gasteiger partial charge in [-0.15, -0.1) is 0 Å². The van der Waals surface area contributed by atoms with Gasteiger partial charge in [0.1, 0.15) is 0 Å². The molecule has 18 aromatic carbocycles. The van der Waals surface area contributed by atoms with Crippen molar-refractivity contribution in [1.82, 2.24) is 39.9 Å². The Morgan fingerprint density at radius 1 is 0.113 bits per heavy atom. The second-order valence-electron chi connectivity index (χ2n) is 32.2. The maximum atomic E-state index is 5.56. The van der Waals surface area contributed by atoms with Gasteiger partial charge in [0, 0.05) is 109 Å². The highest BCUT2D eigenvalue weighted by Gasteiger charge is 2.24. The van der Waals surface area contributed by atoms with Crippen LogP contribution in [0, 0.1) is 0 Å². The number of benzene rings is 18. The summed E-state index contributed by atoms with van der Waals surface area (Å²) >= 11 is 0. The number of aromatic nitrogens is 8. The third-order valence-electron chi connectivity index (χ3n) is 25.1. The van der Waals surface area contributed by atoms with Crippen LogP contribution in [0.15, 0.2) is 413 Å². The van der Waals surface area contributed by atoms with Gasteiger partial charge < -0.3 is 0 Å². The van der Waals surface area contributed by atoms with Crippen LogP contribution in [0.4, 0.5) is 0 Å². The maximum absolute atomic E-state index is 5.56. The lowest BCUT2D eigenvalue weighted by atomic mass is 9.88. The van der Waals surface area contributed by atoms with Crippen molar-refractivity contribution >= 4 is 174 Å². The van der Waals surface area contributed by atoms with Crippen LogP contribution in [0.2, 0.25) is 0 Å². The van der Waals surface area contributed by atoms with Crippen LogP contribution in [0.1, 0.15) is 0 Å². The third-order valence-corrected chi connectivity index (χ3v) is 25.1. The first-order valence-corrected chi connectivity index (χ1v) is 42.1. The molecule has 572 valence electrons. The summed E-state index contributed by atoms with van der Waals surface area (Å²) in [5, 5.41) is 22.3. The van der Waals surface area contributed by atoms with Crippen LogP contribution in [0.25, 0.3) is 263 Å². The zero-order valence-electron chi connectivity index (χ0n) is 66.8. The quantitative estimate of drug-likeness (QED) is 0.109. The summed E-state index contributed by atoms with van der Waals surface area (Å²) in [6.07, 6.45) is 0. The first-order valence-electron chi connectivity index (χ1n) is 42.1. The van der Waals surface area contributed by atoms with Gasteiger partial charge in [0.25, 0.3) is 0 Å². The molecule has 0 saturated heterocycles. The minimum atomic E-state index is 0.887. The number of para-hydroxylation sites is 4. The van der Waals surface area contributed by atoms with Crippen molar-refractivity contribution in [3.63, 3.8) is 0 Å². The van der Waals surface area contributed by atoms with Gasteiger partial charge in [0.2, 0.25) is 0 Å². The maximum Gasteiger partial charge on any atom is 0.0978 e. The van der Waals surface area contributed by atoms with Gasteiger partial charge in [0.05, 0.1) is 89.0 Å². The Bertz CT molecular complexity index is 8410. The lowest BCUT2D eigenvalue weighted by molar-refractivity contribution is 1.39. The first kappa shape index (κ1) is 70.3. The van der Waals surface area contributed by atoms with E-state index in [0.29, 0.717) is 0 Å². The zero-order chi connectivity index (χ0) is 81.5. The molecule has 0 saturated carbocycles. The minimum Gasteiger partial charge on any atom is -0.245 e. The standard InChI is InChI=1S/2C58H34N4/c1-3-15-35(16-4-1)51-43-23-11-13-25-47(43)59-57-45(51)31-27-37-29-33-49(61-55(37)57)53-39-19-7-9-21-41(39)54(42-22-10-8-20-40(42)53)50-34-30-38-28-32-46-52(36-17-5-2-6-18-36)44-24-12-14-26-48(44)60-58(46)56(38)62-50;1-3-11-35(12-4-1)53-45-15-7-9-17-51(45)61-57-47(53)27-23-37-25-29-49(59-55(37)57)41-21-19-39-32-44-34-42(22-20-40(44)31-43(39)33-41)50-30-26-38-24-28-48-54(36-13-5-2-6-14-36)46-16-8-10-18-52(46)62-58(48)56(38)60-50/h2*1-34H. The van der Waals surface area contributed by atoms with E-state index in [1.54, 1.807) is 0 Å². The van der Waals surface area contributed by atoms with Gasteiger partial charge in [-0.25, -0.2) is 39.9 Å². The summed E-state index contributed by atoms with van der Waals surface area (Å²) < 4.78 is 0. The third kappa shape index (κ3) is 11.5. The van der Waals surface area contributed by atoms with Gasteiger partial charge in [-0.3, -0.25) is 0 Å². The summed E-state index contributed by atoms with van der Waals surface area (Å²) in [6.45, 7) is 0. The molecule has 8 heteroatoms. The van der Waals surface area contributed by atoms with Gasteiger partial charge >= 0.3 is 0 Å². The molecule has 0 fully saturated rings. The molecular formula is C116H68N8. The van der Waals surface area contributed by atoms with Crippen LogP contribution in [0.3, 0.4) is 0 Å². The molecule has 0 amide bonds. The molecule has 124 heavy (non-hydrogen) atoms. The molecule has 26 aromatic rings. The first-order chi connectivity index (χ1) is 61.5. The Hall–Kier alpha value is -16.7. The second-order valence-corrected chi connectivity index (χ2v) is 32.2. The molecule has 26 rings (SSSR count).